The fourth-order valence-electron chi connectivity index (χ4n) is 3.34. The Morgan fingerprint density at radius 2 is 1.86 bits per heavy atom. The van der Waals surface area contributed by atoms with Crippen molar-refractivity contribution in [1.29, 1.82) is 0 Å². The first-order valence-electron chi connectivity index (χ1n) is 10.5. The third-order valence-electron chi connectivity index (χ3n) is 5.18. The Bertz CT molecular complexity index is 1440. The van der Waals surface area contributed by atoms with Crippen molar-refractivity contribution in [3.8, 4) is 11.3 Å². The van der Waals surface area contributed by atoms with Crippen LogP contribution in [0.1, 0.15) is 44.3 Å². The van der Waals surface area contributed by atoms with E-state index in [1.165, 1.54) is 49.5 Å². The van der Waals surface area contributed by atoms with Crippen LogP contribution in [0.2, 0.25) is 0 Å². The number of halogens is 4. The number of amides is 1. The van der Waals surface area contributed by atoms with E-state index in [-0.39, 0.29) is 58.3 Å². The van der Waals surface area contributed by atoms with Gasteiger partial charge in [-0.2, -0.15) is 17.6 Å². The third kappa shape index (κ3) is 5.59. The summed E-state index contributed by atoms with van der Waals surface area (Å²) < 4.78 is 58.2. The molecule has 36 heavy (non-hydrogen) atoms. The Morgan fingerprint density at radius 1 is 1.06 bits per heavy atom. The number of rotatable bonds is 7. The van der Waals surface area contributed by atoms with Crippen LogP contribution in [-0.2, 0) is 12.6 Å². The number of ketones is 1. The lowest BCUT2D eigenvalue weighted by molar-refractivity contribution is -0.138. The summed E-state index contributed by atoms with van der Waals surface area (Å²) in [4.78, 5) is 36.4. The second kappa shape index (κ2) is 10.0. The Kier molecular flexibility index (Phi) is 6.86. The van der Waals surface area contributed by atoms with Crippen LogP contribution in [0, 0.1) is 12.9 Å². The van der Waals surface area contributed by atoms with E-state index in [0.29, 0.717) is 0 Å². The molecule has 12 heteroatoms. The predicted octanol–water partition coefficient (Wildman–Crippen LogP) is 5.06. The van der Waals surface area contributed by atoms with Crippen molar-refractivity contribution < 1.29 is 31.7 Å². The lowest BCUT2D eigenvalue weighted by Crippen LogP contribution is -2.13. The van der Waals surface area contributed by atoms with Crippen molar-refractivity contribution in [2.24, 2.45) is 0 Å². The number of alkyl halides is 3. The maximum atomic E-state index is 13.9. The van der Waals surface area contributed by atoms with Crippen molar-refractivity contribution in [3.63, 3.8) is 0 Å². The minimum atomic E-state index is -4.56. The summed E-state index contributed by atoms with van der Waals surface area (Å²) in [5.41, 5.74) is -0.243. The number of carbonyl (C=O) groups excluding carboxylic acids is 2. The standard InChI is InChI=1S/C24H17F4N5O3/c1-13-4-5-14(9-17(13)24(26,27)28)32-23(35)21-10-15(33-36-21)6-7-20(34)19-11-18(30-12-31-19)16-3-2-8-29-22(16)25/h2-5,8-12H,6-7H2,1H3,(H,32,35). The molecule has 4 aromatic rings. The zero-order valence-corrected chi connectivity index (χ0v) is 18.6. The van der Waals surface area contributed by atoms with E-state index in [4.69, 9.17) is 4.52 Å². The summed E-state index contributed by atoms with van der Waals surface area (Å²) >= 11 is 0. The number of hydrogen-bond acceptors (Lipinski definition) is 7. The average molecular weight is 499 g/mol. The van der Waals surface area contributed by atoms with Gasteiger partial charge < -0.3 is 9.84 Å². The van der Waals surface area contributed by atoms with Crippen LogP contribution in [0.3, 0.4) is 0 Å². The highest BCUT2D eigenvalue weighted by Crippen LogP contribution is 2.33. The number of anilines is 1. The lowest BCUT2D eigenvalue weighted by atomic mass is 10.1. The van der Waals surface area contributed by atoms with Crippen LogP contribution in [0.15, 0.2) is 59.5 Å². The maximum Gasteiger partial charge on any atom is 0.416 e. The molecule has 0 atom stereocenters. The van der Waals surface area contributed by atoms with Crippen LogP contribution >= 0.6 is 0 Å². The Labute approximate surface area is 201 Å². The van der Waals surface area contributed by atoms with Gasteiger partial charge in [0.2, 0.25) is 11.7 Å². The summed E-state index contributed by atoms with van der Waals surface area (Å²) in [7, 11) is 0. The predicted molar refractivity (Wildman–Crippen MR) is 119 cm³/mol. The number of aromatic nitrogens is 4. The van der Waals surface area contributed by atoms with E-state index in [0.717, 1.165) is 12.4 Å². The molecule has 0 saturated carbocycles. The normalized spacial score (nSPS) is 11.4. The molecule has 3 aromatic heterocycles. The van der Waals surface area contributed by atoms with Crippen LogP contribution in [0.4, 0.5) is 23.2 Å². The maximum absolute atomic E-state index is 13.9. The van der Waals surface area contributed by atoms with Gasteiger partial charge in [0.15, 0.2) is 5.78 Å². The molecule has 8 nitrogen and oxygen atoms in total. The lowest BCUT2D eigenvalue weighted by Gasteiger charge is -2.12. The van der Waals surface area contributed by atoms with Gasteiger partial charge in [-0.05, 0) is 42.8 Å². The molecule has 1 aromatic carbocycles. The molecule has 0 bridgehead atoms. The first kappa shape index (κ1) is 24.6. The summed E-state index contributed by atoms with van der Waals surface area (Å²) in [5, 5.41) is 6.07. The molecule has 0 unspecified atom stereocenters. The largest absolute Gasteiger partial charge is 0.416 e. The number of benzene rings is 1. The van der Waals surface area contributed by atoms with Gasteiger partial charge in [0.1, 0.15) is 12.0 Å². The number of carbonyl (C=O) groups is 2. The average Bonchev–Trinajstić information content (AvgIpc) is 3.33. The van der Waals surface area contributed by atoms with Crippen LogP contribution < -0.4 is 5.32 Å². The van der Waals surface area contributed by atoms with Crippen LogP contribution in [0.25, 0.3) is 11.3 Å². The van der Waals surface area contributed by atoms with E-state index in [9.17, 15) is 27.2 Å². The minimum Gasteiger partial charge on any atom is -0.351 e. The first-order chi connectivity index (χ1) is 17.1. The van der Waals surface area contributed by atoms with Crippen molar-refractivity contribution in [1.82, 2.24) is 20.1 Å². The highest BCUT2D eigenvalue weighted by Gasteiger charge is 2.32. The fourth-order valence-corrected chi connectivity index (χ4v) is 3.34. The number of hydrogen-bond donors (Lipinski definition) is 1. The molecule has 4 rings (SSSR count). The van der Waals surface area contributed by atoms with Gasteiger partial charge in [-0.15, -0.1) is 0 Å². The summed E-state index contributed by atoms with van der Waals surface area (Å²) in [6.07, 6.45) is -2.08. The zero-order chi connectivity index (χ0) is 25.9. The molecule has 3 heterocycles. The second-order valence-electron chi connectivity index (χ2n) is 7.72. The van der Waals surface area contributed by atoms with E-state index in [1.54, 1.807) is 0 Å². The number of pyridine rings is 1. The smallest absolute Gasteiger partial charge is 0.351 e. The molecular weight excluding hydrogens is 482 g/mol. The highest BCUT2D eigenvalue weighted by molar-refractivity contribution is 6.02. The van der Waals surface area contributed by atoms with Crippen molar-refractivity contribution >= 4 is 17.4 Å². The van der Waals surface area contributed by atoms with Gasteiger partial charge >= 0.3 is 6.18 Å². The van der Waals surface area contributed by atoms with Gasteiger partial charge in [-0.3, -0.25) is 9.59 Å². The number of Topliss-reactive ketones (excluding diaryl/α,β-unsaturated/α-hetero) is 1. The molecule has 0 fully saturated rings. The molecule has 1 amide bonds. The van der Waals surface area contributed by atoms with Gasteiger partial charge in [0, 0.05) is 30.8 Å². The number of aryl methyl sites for hydroxylation is 2. The summed E-state index contributed by atoms with van der Waals surface area (Å²) in [6.45, 7) is 1.32. The Hall–Kier alpha value is -4.48. The van der Waals surface area contributed by atoms with Gasteiger partial charge in [-0.25, -0.2) is 15.0 Å². The SMILES string of the molecule is Cc1ccc(NC(=O)c2cc(CCC(=O)c3cc(-c4cccnc4F)ncn3)no2)cc1C(F)(F)F. The van der Waals surface area contributed by atoms with Gasteiger partial charge in [0.05, 0.1) is 22.5 Å². The summed E-state index contributed by atoms with van der Waals surface area (Å²) in [6, 6.07) is 9.06. The molecule has 0 radical (unpaired) electrons. The number of nitrogens with one attached hydrogen (secondary N) is 1. The van der Waals surface area contributed by atoms with Crippen molar-refractivity contribution in [3.05, 3.63) is 89.2 Å². The third-order valence-corrected chi connectivity index (χ3v) is 5.18. The molecular formula is C24H17F4N5O3. The highest BCUT2D eigenvalue weighted by atomic mass is 19.4. The van der Waals surface area contributed by atoms with Crippen molar-refractivity contribution in [2.75, 3.05) is 5.32 Å². The van der Waals surface area contributed by atoms with Gasteiger partial charge in [0.25, 0.3) is 5.91 Å². The van der Waals surface area contributed by atoms with Crippen molar-refractivity contribution in [2.45, 2.75) is 25.9 Å². The quantitative estimate of drug-likeness (QED) is 0.215. The Balaban J connectivity index is 1.39. The zero-order valence-electron chi connectivity index (χ0n) is 18.6. The fraction of sp³-hybridized carbons (Fsp3) is 0.167. The molecule has 184 valence electrons. The summed E-state index contributed by atoms with van der Waals surface area (Å²) in [5.74, 6) is -2.14. The second-order valence-corrected chi connectivity index (χ2v) is 7.72. The Morgan fingerprint density at radius 3 is 2.61 bits per heavy atom. The van der Waals surface area contributed by atoms with E-state index in [1.807, 2.05) is 0 Å². The topological polar surface area (TPSA) is 111 Å². The van der Waals surface area contributed by atoms with E-state index >= 15 is 0 Å². The first-order valence-corrected chi connectivity index (χ1v) is 10.5. The molecule has 0 aliphatic carbocycles. The molecule has 0 aliphatic rings. The molecule has 0 aliphatic heterocycles. The molecule has 0 saturated heterocycles. The number of nitrogens with zero attached hydrogens (tertiary/aromatic N) is 4. The van der Waals surface area contributed by atoms with E-state index < -0.39 is 23.6 Å². The minimum absolute atomic E-state index is 0.0218. The van der Waals surface area contributed by atoms with Crippen LogP contribution in [0.5, 0.6) is 0 Å². The monoisotopic (exact) mass is 499 g/mol. The van der Waals surface area contributed by atoms with E-state index in [2.05, 4.69) is 25.4 Å². The van der Waals surface area contributed by atoms with Crippen LogP contribution in [-0.4, -0.2) is 31.8 Å². The van der Waals surface area contributed by atoms with Gasteiger partial charge in [-0.1, -0.05) is 11.2 Å². The molecule has 1 N–H and O–H groups in total. The molecule has 0 spiro atoms.